The Labute approximate surface area is 162 Å². The van der Waals surface area contributed by atoms with Crippen LogP contribution in [0.4, 0.5) is 5.69 Å². The third-order valence-corrected chi connectivity index (χ3v) is 4.77. The monoisotopic (exact) mass is 370 g/mol. The van der Waals surface area contributed by atoms with Crippen molar-refractivity contribution in [2.24, 2.45) is 0 Å². The highest BCUT2D eigenvalue weighted by Gasteiger charge is 2.37. The Kier molecular flexibility index (Phi) is 4.49. The molecule has 0 aliphatic carbocycles. The van der Waals surface area contributed by atoms with Crippen LogP contribution in [0.25, 0.3) is 0 Å². The fraction of sp³-hybridized carbons (Fsp3) is 0.0870. The Morgan fingerprint density at radius 1 is 0.786 bits per heavy atom. The summed E-state index contributed by atoms with van der Waals surface area (Å²) < 4.78 is 0. The minimum absolute atomic E-state index is 0.150. The van der Waals surface area contributed by atoms with Gasteiger partial charge in [-0.1, -0.05) is 48.0 Å². The minimum atomic E-state index is -0.390. The Morgan fingerprint density at radius 3 is 1.89 bits per heavy atom. The molecule has 0 radical (unpaired) electrons. The van der Waals surface area contributed by atoms with E-state index in [1.54, 1.807) is 48.5 Å². The molecular formula is C23H18N2O3. The van der Waals surface area contributed by atoms with E-state index in [4.69, 9.17) is 0 Å². The Hall–Kier alpha value is -3.73. The average Bonchev–Trinajstić information content (AvgIpc) is 2.98. The molecule has 0 fully saturated rings. The van der Waals surface area contributed by atoms with Crippen molar-refractivity contribution in [3.05, 3.63) is 101 Å². The van der Waals surface area contributed by atoms with Crippen molar-refractivity contribution in [2.45, 2.75) is 6.92 Å². The van der Waals surface area contributed by atoms with Gasteiger partial charge in [-0.15, -0.1) is 0 Å². The molecule has 0 bridgehead atoms. The first-order valence-corrected chi connectivity index (χ1v) is 8.95. The van der Waals surface area contributed by atoms with E-state index in [0.717, 1.165) is 10.5 Å². The summed E-state index contributed by atoms with van der Waals surface area (Å²) in [6.45, 7) is 1.81. The molecule has 0 saturated carbocycles. The topological polar surface area (TPSA) is 57.7 Å². The van der Waals surface area contributed by atoms with Gasteiger partial charge in [-0.3, -0.25) is 24.2 Å². The number of fused-ring (bicyclic) bond motifs is 1. The van der Waals surface area contributed by atoms with Crippen LogP contribution in [0.3, 0.4) is 0 Å². The van der Waals surface area contributed by atoms with Gasteiger partial charge in [0, 0.05) is 11.3 Å². The highest BCUT2D eigenvalue weighted by Crippen LogP contribution is 2.25. The molecule has 5 heteroatoms. The Bertz CT molecular complexity index is 1020. The predicted molar refractivity (Wildman–Crippen MR) is 106 cm³/mol. The first-order valence-electron chi connectivity index (χ1n) is 8.95. The molecule has 28 heavy (non-hydrogen) atoms. The molecular weight excluding hydrogens is 352 g/mol. The molecule has 0 N–H and O–H groups in total. The molecule has 0 unspecified atom stereocenters. The van der Waals surface area contributed by atoms with Gasteiger partial charge in [-0.25, -0.2) is 0 Å². The van der Waals surface area contributed by atoms with Crippen molar-refractivity contribution >= 4 is 23.4 Å². The van der Waals surface area contributed by atoms with E-state index in [2.05, 4.69) is 0 Å². The molecule has 3 aromatic rings. The van der Waals surface area contributed by atoms with Crippen LogP contribution >= 0.6 is 0 Å². The molecule has 3 amide bonds. The first kappa shape index (κ1) is 17.7. The highest BCUT2D eigenvalue weighted by atomic mass is 16.2. The zero-order valence-corrected chi connectivity index (χ0v) is 15.3. The predicted octanol–water partition coefficient (Wildman–Crippen LogP) is 3.90. The standard InChI is InChI=1S/C23H18N2O3/c1-16-11-13-18(14-12-16)24(21(26)17-7-3-2-4-8-17)15-25-22(27)19-9-5-6-10-20(19)23(25)28/h2-14H,15H2,1H3. The number of aryl methyl sites for hydroxylation is 1. The zero-order chi connectivity index (χ0) is 19.7. The van der Waals surface area contributed by atoms with Gasteiger partial charge in [0.05, 0.1) is 11.1 Å². The van der Waals surface area contributed by atoms with Gasteiger partial charge < -0.3 is 0 Å². The fourth-order valence-corrected chi connectivity index (χ4v) is 3.23. The van der Waals surface area contributed by atoms with Gasteiger partial charge in [-0.2, -0.15) is 0 Å². The second-order valence-corrected chi connectivity index (χ2v) is 6.66. The molecule has 138 valence electrons. The molecule has 0 aromatic heterocycles. The second kappa shape index (κ2) is 7.12. The van der Waals surface area contributed by atoms with Gasteiger partial charge in [0.15, 0.2) is 0 Å². The van der Waals surface area contributed by atoms with E-state index >= 15 is 0 Å². The number of benzene rings is 3. The van der Waals surface area contributed by atoms with Crippen molar-refractivity contribution in [2.75, 3.05) is 11.6 Å². The smallest absolute Gasteiger partial charge is 0.263 e. The molecule has 1 aliphatic heterocycles. The maximum Gasteiger partial charge on any atom is 0.263 e. The van der Waals surface area contributed by atoms with Crippen LogP contribution in [-0.4, -0.2) is 29.3 Å². The molecule has 0 saturated heterocycles. The van der Waals surface area contributed by atoms with Crippen LogP contribution in [0.5, 0.6) is 0 Å². The molecule has 3 aromatic carbocycles. The van der Waals surface area contributed by atoms with Crippen molar-refractivity contribution in [3.8, 4) is 0 Å². The Morgan fingerprint density at radius 2 is 1.32 bits per heavy atom. The van der Waals surface area contributed by atoms with E-state index in [9.17, 15) is 14.4 Å². The summed E-state index contributed by atoms with van der Waals surface area (Å²) in [4.78, 5) is 41.3. The lowest BCUT2D eigenvalue weighted by Crippen LogP contribution is -2.44. The van der Waals surface area contributed by atoms with Gasteiger partial charge in [-0.05, 0) is 43.3 Å². The van der Waals surface area contributed by atoms with Gasteiger partial charge >= 0.3 is 0 Å². The van der Waals surface area contributed by atoms with Crippen molar-refractivity contribution in [3.63, 3.8) is 0 Å². The van der Waals surface area contributed by atoms with Crippen LogP contribution in [-0.2, 0) is 0 Å². The van der Waals surface area contributed by atoms with E-state index in [1.165, 1.54) is 4.90 Å². The van der Waals surface area contributed by atoms with Crippen molar-refractivity contribution < 1.29 is 14.4 Å². The van der Waals surface area contributed by atoms with E-state index in [1.807, 2.05) is 37.3 Å². The van der Waals surface area contributed by atoms with E-state index in [-0.39, 0.29) is 12.6 Å². The van der Waals surface area contributed by atoms with Crippen molar-refractivity contribution in [1.82, 2.24) is 4.90 Å². The number of amides is 3. The fourth-order valence-electron chi connectivity index (χ4n) is 3.23. The average molecular weight is 370 g/mol. The number of rotatable bonds is 4. The number of hydrogen-bond acceptors (Lipinski definition) is 3. The van der Waals surface area contributed by atoms with Crippen molar-refractivity contribution in [1.29, 1.82) is 0 Å². The van der Waals surface area contributed by atoms with Crippen LogP contribution in [0, 0.1) is 6.92 Å². The van der Waals surface area contributed by atoms with Crippen LogP contribution < -0.4 is 4.90 Å². The highest BCUT2D eigenvalue weighted by molar-refractivity contribution is 6.22. The van der Waals surface area contributed by atoms with E-state index in [0.29, 0.717) is 22.4 Å². The van der Waals surface area contributed by atoms with Crippen LogP contribution in [0.15, 0.2) is 78.9 Å². The van der Waals surface area contributed by atoms with Crippen LogP contribution in [0.1, 0.15) is 36.6 Å². The number of imide groups is 1. The van der Waals surface area contributed by atoms with Gasteiger partial charge in [0.25, 0.3) is 17.7 Å². The lowest BCUT2D eigenvalue weighted by Gasteiger charge is -2.27. The number of hydrogen-bond donors (Lipinski definition) is 0. The number of anilines is 1. The summed E-state index contributed by atoms with van der Waals surface area (Å²) in [5, 5.41) is 0. The summed E-state index contributed by atoms with van der Waals surface area (Å²) in [5.41, 5.74) is 2.89. The van der Waals surface area contributed by atoms with Gasteiger partial charge in [0.1, 0.15) is 6.67 Å². The molecule has 0 spiro atoms. The summed E-state index contributed by atoms with van der Waals surface area (Å²) >= 11 is 0. The van der Waals surface area contributed by atoms with E-state index < -0.39 is 11.8 Å². The van der Waals surface area contributed by atoms with Gasteiger partial charge in [0.2, 0.25) is 0 Å². The first-order chi connectivity index (χ1) is 13.6. The minimum Gasteiger partial charge on any atom is -0.290 e. The normalized spacial score (nSPS) is 12.8. The quantitative estimate of drug-likeness (QED) is 0.655. The largest absolute Gasteiger partial charge is 0.290 e. The maximum absolute atomic E-state index is 13.2. The SMILES string of the molecule is Cc1ccc(N(CN2C(=O)c3ccccc3C2=O)C(=O)c2ccccc2)cc1. The lowest BCUT2D eigenvalue weighted by molar-refractivity contribution is 0.0650. The number of nitrogens with zero attached hydrogens (tertiary/aromatic N) is 2. The third kappa shape index (κ3) is 3.07. The molecule has 4 rings (SSSR count). The van der Waals surface area contributed by atoms with Crippen LogP contribution in [0.2, 0.25) is 0 Å². The zero-order valence-electron chi connectivity index (χ0n) is 15.3. The maximum atomic E-state index is 13.2. The summed E-state index contributed by atoms with van der Waals surface area (Å²) in [7, 11) is 0. The molecule has 5 nitrogen and oxygen atoms in total. The number of carbonyl (C=O) groups excluding carboxylic acids is 3. The summed E-state index contributed by atoms with van der Waals surface area (Å²) in [6.07, 6.45) is 0. The molecule has 1 aliphatic rings. The molecule has 0 atom stereocenters. The molecule has 1 heterocycles. The lowest BCUT2D eigenvalue weighted by atomic mass is 10.1. The summed E-state index contributed by atoms with van der Waals surface area (Å²) in [6, 6.07) is 22.9. The second-order valence-electron chi connectivity index (χ2n) is 6.66. The number of carbonyl (C=O) groups is 3. The summed E-state index contributed by atoms with van der Waals surface area (Å²) in [5.74, 6) is -1.06. The Balaban J connectivity index is 1.71. The third-order valence-electron chi connectivity index (χ3n) is 4.77.